The molecule has 1 aliphatic heterocycles. The molecule has 8 nitrogen and oxygen atoms in total. The van der Waals surface area contributed by atoms with Crippen molar-refractivity contribution in [1.29, 1.82) is 0 Å². The number of para-hydroxylation sites is 1. The summed E-state index contributed by atoms with van der Waals surface area (Å²) in [4.78, 5) is 28.3. The summed E-state index contributed by atoms with van der Waals surface area (Å²) in [7, 11) is 3.70. The van der Waals surface area contributed by atoms with Crippen LogP contribution in [-0.2, 0) is 0 Å². The van der Waals surface area contributed by atoms with Crippen LogP contribution >= 0.6 is 0 Å². The Hall–Kier alpha value is -2.90. The molecule has 0 spiro atoms. The quantitative estimate of drug-likeness (QED) is 0.791. The Kier molecular flexibility index (Phi) is 3.44. The van der Waals surface area contributed by atoms with Crippen LogP contribution in [0.5, 0.6) is 0 Å². The smallest absolute Gasteiger partial charge is 0.265 e. The lowest BCUT2D eigenvalue weighted by molar-refractivity contribution is 0.0712. The zero-order chi connectivity index (χ0) is 16.7. The summed E-state index contributed by atoms with van der Waals surface area (Å²) in [6.45, 7) is 0.671. The van der Waals surface area contributed by atoms with Crippen LogP contribution in [0.2, 0.25) is 0 Å². The minimum atomic E-state index is -0.187. The Morgan fingerprint density at radius 3 is 3.08 bits per heavy atom. The first-order valence-electron chi connectivity index (χ1n) is 7.89. The summed E-state index contributed by atoms with van der Waals surface area (Å²) in [5.74, 6) is 0.942. The van der Waals surface area contributed by atoms with Gasteiger partial charge in [-0.15, -0.1) is 0 Å². The molecule has 8 heteroatoms. The van der Waals surface area contributed by atoms with Crippen LogP contribution in [0.3, 0.4) is 0 Å². The number of likely N-dealkylation sites (tertiary alicyclic amines) is 1. The number of hydrogen-bond acceptors (Lipinski definition) is 6. The third kappa shape index (κ3) is 2.31. The maximum atomic E-state index is 13.1. The summed E-state index contributed by atoms with van der Waals surface area (Å²) in [5.41, 5.74) is 2.13. The van der Waals surface area contributed by atoms with Crippen molar-refractivity contribution in [1.82, 2.24) is 25.0 Å². The van der Waals surface area contributed by atoms with Gasteiger partial charge in [0, 0.05) is 20.6 Å². The molecule has 1 fully saturated rings. The normalized spacial score (nSPS) is 17.6. The Morgan fingerprint density at radius 2 is 2.29 bits per heavy atom. The molecule has 0 saturated carbocycles. The SMILES string of the molecule is CN(C)c1noc(C2CCCN2C(=O)c2cccc3[nH]cnc23)n1. The van der Waals surface area contributed by atoms with E-state index in [2.05, 4.69) is 20.1 Å². The molecule has 3 aromatic rings. The number of imidazole rings is 1. The van der Waals surface area contributed by atoms with Crippen molar-refractivity contribution < 1.29 is 9.32 Å². The van der Waals surface area contributed by atoms with E-state index < -0.39 is 0 Å². The second kappa shape index (κ2) is 5.63. The number of amides is 1. The molecule has 1 N–H and O–H groups in total. The number of carbonyl (C=O) groups excluding carboxylic acids is 1. The summed E-state index contributed by atoms with van der Waals surface area (Å²) < 4.78 is 5.38. The lowest BCUT2D eigenvalue weighted by atomic mass is 10.1. The van der Waals surface area contributed by atoms with E-state index in [1.807, 2.05) is 26.2 Å². The number of rotatable bonds is 3. The van der Waals surface area contributed by atoms with E-state index in [0.29, 0.717) is 29.5 Å². The molecule has 0 bridgehead atoms. The third-order valence-corrected chi connectivity index (χ3v) is 4.31. The van der Waals surface area contributed by atoms with Crippen molar-refractivity contribution in [3.63, 3.8) is 0 Å². The number of aromatic nitrogens is 4. The van der Waals surface area contributed by atoms with Gasteiger partial charge in [-0.05, 0) is 30.1 Å². The van der Waals surface area contributed by atoms with Gasteiger partial charge in [0.05, 0.1) is 17.4 Å². The molecule has 1 amide bonds. The fourth-order valence-electron chi connectivity index (χ4n) is 3.10. The number of H-pyrrole nitrogens is 1. The van der Waals surface area contributed by atoms with Gasteiger partial charge in [-0.25, -0.2) is 4.98 Å². The van der Waals surface area contributed by atoms with Gasteiger partial charge >= 0.3 is 0 Å². The van der Waals surface area contributed by atoms with Crippen molar-refractivity contribution in [2.75, 3.05) is 25.5 Å². The Bertz CT molecular complexity index is 883. The molecule has 4 rings (SSSR count). The van der Waals surface area contributed by atoms with E-state index in [4.69, 9.17) is 4.52 Å². The molecule has 1 saturated heterocycles. The first-order chi connectivity index (χ1) is 11.6. The highest BCUT2D eigenvalue weighted by atomic mass is 16.5. The van der Waals surface area contributed by atoms with Crippen molar-refractivity contribution in [3.05, 3.63) is 36.0 Å². The van der Waals surface area contributed by atoms with Crippen molar-refractivity contribution in [3.8, 4) is 0 Å². The zero-order valence-corrected chi connectivity index (χ0v) is 13.6. The topological polar surface area (TPSA) is 91.2 Å². The fourth-order valence-corrected chi connectivity index (χ4v) is 3.10. The number of nitrogens with one attached hydrogen (secondary N) is 1. The molecule has 1 atom stereocenters. The second-order valence-electron chi connectivity index (χ2n) is 6.09. The van der Waals surface area contributed by atoms with Gasteiger partial charge in [0.25, 0.3) is 17.7 Å². The van der Waals surface area contributed by atoms with Gasteiger partial charge in [0.1, 0.15) is 11.6 Å². The van der Waals surface area contributed by atoms with E-state index in [1.165, 1.54) is 0 Å². The van der Waals surface area contributed by atoms with E-state index in [9.17, 15) is 4.79 Å². The van der Waals surface area contributed by atoms with Crippen LogP contribution in [0, 0.1) is 0 Å². The number of nitrogens with zero attached hydrogens (tertiary/aromatic N) is 5. The van der Waals surface area contributed by atoms with Crippen molar-refractivity contribution in [2.45, 2.75) is 18.9 Å². The molecule has 24 heavy (non-hydrogen) atoms. The molecule has 2 aromatic heterocycles. The van der Waals surface area contributed by atoms with Gasteiger partial charge in [-0.2, -0.15) is 4.98 Å². The highest BCUT2D eigenvalue weighted by Crippen LogP contribution is 2.33. The molecule has 3 heterocycles. The van der Waals surface area contributed by atoms with Gasteiger partial charge in [-0.1, -0.05) is 6.07 Å². The second-order valence-corrected chi connectivity index (χ2v) is 6.09. The van der Waals surface area contributed by atoms with Crippen LogP contribution < -0.4 is 4.90 Å². The van der Waals surface area contributed by atoms with Gasteiger partial charge < -0.3 is 19.3 Å². The minimum absolute atomic E-state index is 0.0557. The predicted octanol–water partition coefficient (Wildman–Crippen LogP) is 1.99. The van der Waals surface area contributed by atoms with Crippen LogP contribution in [0.25, 0.3) is 11.0 Å². The first kappa shape index (κ1) is 14.7. The summed E-state index contributed by atoms with van der Waals surface area (Å²) in [6, 6.07) is 5.38. The average Bonchev–Trinajstić information content (AvgIpc) is 3.31. The third-order valence-electron chi connectivity index (χ3n) is 4.31. The van der Waals surface area contributed by atoms with Crippen LogP contribution in [0.15, 0.2) is 29.0 Å². The van der Waals surface area contributed by atoms with Crippen LogP contribution in [0.1, 0.15) is 35.1 Å². The summed E-state index contributed by atoms with van der Waals surface area (Å²) >= 11 is 0. The Labute approximate surface area is 138 Å². The number of aromatic amines is 1. The first-order valence-corrected chi connectivity index (χ1v) is 7.89. The molecule has 1 unspecified atom stereocenters. The molecule has 1 aliphatic rings. The number of fused-ring (bicyclic) bond motifs is 1. The van der Waals surface area contributed by atoms with E-state index >= 15 is 0 Å². The maximum Gasteiger partial charge on any atom is 0.265 e. The van der Waals surface area contributed by atoms with Gasteiger partial charge in [-0.3, -0.25) is 4.79 Å². The Balaban J connectivity index is 1.67. The number of hydrogen-bond donors (Lipinski definition) is 1. The van der Waals surface area contributed by atoms with E-state index in [0.717, 1.165) is 18.4 Å². The minimum Gasteiger partial charge on any atom is -0.345 e. The zero-order valence-electron chi connectivity index (χ0n) is 13.6. The number of anilines is 1. The monoisotopic (exact) mass is 326 g/mol. The molecule has 0 radical (unpaired) electrons. The van der Waals surface area contributed by atoms with E-state index in [1.54, 1.807) is 22.2 Å². The van der Waals surface area contributed by atoms with Gasteiger partial charge in [0.15, 0.2) is 0 Å². The predicted molar refractivity (Wildman–Crippen MR) is 87.7 cm³/mol. The van der Waals surface area contributed by atoms with Crippen molar-refractivity contribution >= 4 is 22.9 Å². The number of benzene rings is 1. The summed E-state index contributed by atoms with van der Waals surface area (Å²) in [6.07, 6.45) is 3.33. The average molecular weight is 326 g/mol. The van der Waals surface area contributed by atoms with Crippen LogP contribution in [-0.4, -0.2) is 51.6 Å². The van der Waals surface area contributed by atoms with Crippen molar-refractivity contribution in [2.24, 2.45) is 0 Å². The molecule has 1 aromatic carbocycles. The molecule has 0 aliphatic carbocycles. The highest BCUT2D eigenvalue weighted by molar-refractivity contribution is 6.05. The largest absolute Gasteiger partial charge is 0.345 e. The standard InChI is InChI=1S/C16H18N6O2/c1-21(2)16-19-14(24-20-16)12-7-4-8-22(12)15(23)10-5-3-6-11-13(10)18-9-17-11/h3,5-6,9,12H,4,7-8H2,1-2H3,(H,17,18). The number of carbonyl (C=O) groups is 1. The summed E-state index contributed by atoms with van der Waals surface area (Å²) in [5, 5.41) is 3.95. The lowest BCUT2D eigenvalue weighted by Gasteiger charge is -2.22. The fraction of sp³-hybridized carbons (Fsp3) is 0.375. The van der Waals surface area contributed by atoms with E-state index in [-0.39, 0.29) is 11.9 Å². The Morgan fingerprint density at radius 1 is 1.42 bits per heavy atom. The maximum absolute atomic E-state index is 13.1. The lowest BCUT2D eigenvalue weighted by Crippen LogP contribution is -2.31. The van der Waals surface area contributed by atoms with Crippen LogP contribution in [0.4, 0.5) is 5.95 Å². The molecule has 124 valence electrons. The highest BCUT2D eigenvalue weighted by Gasteiger charge is 2.35. The molecular formula is C16H18N6O2. The van der Waals surface area contributed by atoms with Gasteiger partial charge in [0.2, 0.25) is 0 Å². The molecular weight excluding hydrogens is 308 g/mol.